The molecule has 1 atom stereocenters. The number of ether oxygens (including phenoxy) is 1. The van der Waals surface area contributed by atoms with Gasteiger partial charge in [-0.1, -0.05) is 0 Å². The van der Waals surface area contributed by atoms with Crippen LogP contribution in [0.25, 0.3) is 33.5 Å². The topological polar surface area (TPSA) is 81.5 Å². The molecule has 0 saturated heterocycles. The molecule has 5 rings (SSSR count). The Hall–Kier alpha value is -3.41. The lowest BCUT2D eigenvalue weighted by atomic mass is 9.96. The number of nitrogens with one attached hydrogen (secondary N) is 1. The SMILES string of the molecule is Cc1nc2[nH]ncc2c(-c2c(-c3ccc(F)cn3)nn3c2CO[C@@](C)(C(F)(F)F)C3)c1F. The van der Waals surface area contributed by atoms with Gasteiger partial charge in [-0.05, 0) is 26.0 Å². The summed E-state index contributed by atoms with van der Waals surface area (Å²) in [4.78, 5) is 8.13. The molecule has 0 aliphatic carbocycles. The molecule has 0 saturated carbocycles. The molecule has 0 unspecified atom stereocenters. The molecule has 4 aromatic rings. The third kappa shape index (κ3) is 2.97. The third-order valence-corrected chi connectivity index (χ3v) is 5.56. The van der Waals surface area contributed by atoms with Crippen molar-refractivity contribution in [1.29, 1.82) is 0 Å². The first-order valence-electron chi connectivity index (χ1n) is 9.51. The predicted octanol–water partition coefficient (Wildman–Crippen LogP) is 4.32. The first kappa shape index (κ1) is 20.5. The van der Waals surface area contributed by atoms with Crippen LogP contribution in [0, 0.1) is 18.6 Å². The number of pyridine rings is 2. The van der Waals surface area contributed by atoms with E-state index in [4.69, 9.17) is 4.74 Å². The zero-order valence-electron chi connectivity index (χ0n) is 16.8. The number of alkyl halides is 3. The van der Waals surface area contributed by atoms with E-state index in [1.54, 1.807) is 0 Å². The van der Waals surface area contributed by atoms with Crippen molar-refractivity contribution in [1.82, 2.24) is 29.9 Å². The number of aromatic nitrogens is 6. The van der Waals surface area contributed by atoms with Gasteiger partial charge < -0.3 is 4.74 Å². The number of nitrogens with zero attached hydrogens (tertiary/aromatic N) is 5. The molecule has 0 aromatic carbocycles. The highest BCUT2D eigenvalue weighted by Gasteiger charge is 2.55. The standard InChI is InChI=1S/C20H15F5N6O/c1-9-16(22)14(11-6-27-29-18(11)28-9)15-13-7-32-19(2,20(23,24)25)8-31(13)30-17(15)12-4-3-10(21)5-26-12/h3-6H,7-8H2,1-2H3,(H,27,28,29)/t19-/m1/s1. The van der Waals surface area contributed by atoms with Crippen molar-refractivity contribution in [3.05, 3.63) is 47.5 Å². The molecule has 5 heterocycles. The molecule has 0 amide bonds. The lowest BCUT2D eigenvalue weighted by Crippen LogP contribution is -2.51. The number of fused-ring (bicyclic) bond motifs is 2. The fourth-order valence-electron chi connectivity index (χ4n) is 3.77. The van der Waals surface area contributed by atoms with Crippen LogP contribution in [0.3, 0.4) is 0 Å². The van der Waals surface area contributed by atoms with E-state index in [1.165, 1.54) is 19.2 Å². The molecule has 0 radical (unpaired) electrons. The highest BCUT2D eigenvalue weighted by molar-refractivity contribution is 5.97. The Morgan fingerprint density at radius 1 is 1.16 bits per heavy atom. The van der Waals surface area contributed by atoms with Gasteiger partial charge in [0.25, 0.3) is 0 Å². The molecule has 32 heavy (non-hydrogen) atoms. The van der Waals surface area contributed by atoms with Crippen LogP contribution >= 0.6 is 0 Å². The molecule has 1 N–H and O–H groups in total. The van der Waals surface area contributed by atoms with Crippen molar-refractivity contribution in [2.24, 2.45) is 0 Å². The van der Waals surface area contributed by atoms with E-state index >= 15 is 4.39 Å². The molecule has 0 fully saturated rings. The van der Waals surface area contributed by atoms with Gasteiger partial charge in [0.15, 0.2) is 17.1 Å². The Labute approximate surface area is 177 Å². The average molecular weight is 450 g/mol. The molecule has 7 nitrogen and oxygen atoms in total. The lowest BCUT2D eigenvalue weighted by molar-refractivity contribution is -0.287. The molecule has 4 aromatic heterocycles. The van der Waals surface area contributed by atoms with Crippen molar-refractivity contribution in [3.63, 3.8) is 0 Å². The van der Waals surface area contributed by atoms with Gasteiger partial charge in [-0.15, -0.1) is 0 Å². The normalized spacial score (nSPS) is 18.8. The van der Waals surface area contributed by atoms with Gasteiger partial charge >= 0.3 is 6.18 Å². The maximum Gasteiger partial charge on any atom is 0.419 e. The van der Waals surface area contributed by atoms with Gasteiger partial charge in [0.2, 0.25) is 0 Å². The van der Waals surface area contributed by atoms with Crippen LogP contribution < -0.4 is 0 Å². The van der Waals surface area contributed by atoms with Gasteiger partial charge in [0, 0.05) is 16.5 Å². The third-order valence-electron chi connectivity index (χ3n) is 5.56. The van der Waals surface area contributed by atoms with Crippen LogP contribution in [0.4, 0.5) is 22.0 Å². The Bertz CT molecular complexity index is 1340. The molecule has 12 heteroatoms. The largest absolute Gasteiger partial charge is 0.419 e. The molecule has 0 spiro atoms. The van der Waals surface area contributed by atoms with Crippen LogP contribution in [0.5, 0.6) is 0 Å². The average Bonchev–Trinajstić information content (AvgIpc) is 3.33. The van der Waals surface area contributed by atoms with E-state index in [0.717, 1.165) is 23.9 Å². The van der Waals surface area contributed by atoms with Crippen molar-refractivity contribution in [2.45, 2.75) is 38.8 Å². The van der Waals surface area contributed by atoms with Crippen LogP contribution in [0.1, 0.15) is 18.3 Å². The summed E-state index contributed by atoms with van der Waals surface area (Å²) in [6, 6.07) is 2.47. The fraction of sp³-hybridized carbons (Fsp3) is 0.300. The van der Waals surface area contributed by atoms with E-state index in [-0.39, 0.29) is 33.9 Å². The first-order valence-corrected chi connectivity index (χ1v) is 9.51. The van der Waals surface area contributed by atoms with E-state index < -0.39 is 36.6 Å². The van der Waals surface area contributed by atoms with Crippen LogP contribution in [-0.2, 0) is 17.9 Å². The van der Waals surface area contributed by atoms with Gasteiger partial charge in [-0.25, -0.2) is 13.8 Å². The second kappa shape index (κ2) is 6.79. The quantitative estimate of drug-likeness (QED) is 0.460. The minimum Gasteiger partial charge on any atom is -0.358 e. The highest BCUT2D eigenvalue weighted by atomic mass is 19.4. The minimum absolute atomic E-state index is 0.0582. The van der Waals surface area contributed by atoms with Crippen LogP contribution in [0.2, 0.25) is 0 Å². The van der Waals surface area contributed by atoms with Gasteiger partial charge in [-0.3, -0.25) is 14.8 Å². The van der Waals surface area contributed by atoms with Crippen molar-refractivity contribution >= 4 is 11.0 Å². The molecular weight excluding hydrogens is 435 g/mol. The lowest BCUT2D eigenvalue weighted by Gasteiger charge is -2.36. The zero-order chi connectivity index (χ0) is 22.8. The Morgan fingerprint density at radius 2 is 1.94 bits per heavy atom. The maximum atomic E-state index is 15.4. The minimum atomic E-state index is -4.65. The number of halogens is 5. The highest BCUT2D eigenvalue weighted by Crippen LogP contribution is 2.44. The summed E-state index contributed by atoms with van der Waals surface area (Å²) < 4.78 is 76.0. The Balaban J connectivity index is 1.81. The predicted molar refractivity (Wildman–Crippen MR) is 102 cm³/mol. The van der Waals surface area contributed by atoms with Crippen molar-refractivity contribution < 1.29 is 26.7 Å². The second-order valence-corrected chi connectivity index (χ2v) is 7.73. The summed E-state index contributed by atoms with van der Waals surface area (Å²) in [6.45, 7) is 1.28. The second-order valence-electron chi connectivity index (χ2n) is 7.73. The van der Waals surface area contributed by atoms with E-state index in [1.807, 2.05) is 0 Å². The monoisotopic (exact) mass is 450 g/mol. The molecule has 1 aliphatic rings. The summed E-state index contributed by atoms with van der Waals surface area (Å²) in [5.41, 5.74) is -1.36. The van der Waals surface area contributed by atoms with Crippen LogP contribution in [-0.4, -0.2) is 41.7 Å². The Kier molecular flexibility index (Phi) is 4.35. The van der Waals surface area contributed by atoms with Gasteiger partial charge in [0.05, 0.1) is 42.6 Å². The molecular formula is C20H15F5N6O. The van der Waals surface area contributed by atoms with Crippen molar-refractivity contribution in [2.75, 3.05) is 0 Å². The summed E-state index contributed by atoms with van der Waals surface area (Å²) >= 11 is 0. The van der Waals surface area contributed by atoms with E-state index in [0.29, 0.717) is 11.0 Å². The van der Waals surface area contributed by atoms with Crippen molar-refractivity contribution in [3.8, 4) is 22.5 Å². The Morgan fingerprint density at radius 3 is 2.62 bits per heavy atom. The number of rotatable bonds is 2. The van der Waals surface area contributed by atoms with Gasteiger partial charge in [0.1, 0.15) is 11.5 Å². The van der Waals surface area contributed by atoms with E-state index in [9.17, 15) is 17.6 Å². The number of aromatic amines is 1. The fourth-order valence-corrected chi connectivity index (χ4v) is 3.77. The summed E-state index contributed by atoms with van der Waals surface area (Å²) in [5.74, 6) is -1.28. The molecule has 166 valence electrons. The number of hydrogen-bond donors (Lipinski definition) is 1. The molecule has 0 bridgehead atoms. The van der Waals surface area contributed by atoms with Gasteiger partial charge in [-0.2, -0.15) is 23.4 Å². The smallest absolute Gasteiger partial charge is 0.358 e. The summed E-state index contributed by atoms with van der Waals surface area (Å²) in [7, 11) is 0. The van der Waals surface area contributed by atoms with Crippen LogP contribution in [0.15, 0.2) is 24.5 Å². The summed E-state index contributed by atoms with van der Waals surface area (Å²) in [6.07, 6.45) is -2.33. The van der Waals surface area contributed by atoms with E-state index in [2.05, 4.69) is 25.3 Å². The molecule has 1 aliphatic heterocycles. The zero-order valence-corrected chi connectivity index (χ0v) is 16.8. The first-order chi connectivity index (χ1) is 15.1. The number of aryl methyl sites for hydroxylation is 1. The number of H-pyrrole nitrogens is 1. The summed E-state index contributed by atoms with van der Waals surface area (Å²) in [5, 5.41) is 11.2. The maximum absolute atomic E-state index is 15.4. The number of hydrogen-bond acceptors (Lipinski definition) is 5.